The number of nitrogens with one attached hydrogen (secondary N) is 2. The minimum absolute atomic E-state index is 0.356. The molecule has 1 aromatic heterocycles. The quantitative estimate of drug-likeness (QED) is 0.750. The Bertz CT molecular complexity index is 812. The summed E-state index contributed by atoms with van der Waals surface area (Å²) in [6.07, 6.45) is 0. The summed E-state index contributed by atoms with van der Waals surface area (Å²) in [5.41, 5.74) is 2.62. The fourth-order valence-corrected chi connectivity index (χ4v) is 2.35. The molecule has 0 radical (unpaired) electrons. The molecule has 0 spiro atoms. The number of carbonyl (C=O) groups excluding carboxylic acids is 1. The van der Waals surface area contributed by atoms with Gasteiger partial charge in [0.15, 0.2) is 5.82 Å². The van der Waals surface area contributed by atoms with Gasteiger partial charge in [-0.2, -0.15) is 5.10 Å². The molecule has 2 amide bonds. The van der Waals surface area contributed by atoms with Crippen LogP contribution in [0.25, 0.3) is 11.3 Å². The van der Waals surface area contributed by atoms with Crippen LogP contribution in [0.4, 0.5) is 16.3 Å². The fraction of sp³-hybridized carbons (Fsp3) is 0.0588. The second-order valence-corrected chi connectivity index (χ2v) is 5.43. The zero-order chi connectivity index (χ0) is 16.2. The summed E-state index contributed by atoms with van der Waals surface area (Å²) in [6.45, 7) is 0. The molecule has 0 aliphatic carbocycles. The third-order valence-corrected chi connectivity index (χ3v) is 3.55. The number of amides is 2. The van der Waals surface area contributed by atoms with Gasteiger partial charge in [-0.1, -0.05) is 41.9 Å². The molecule has 0 aliphatic rings. The molecule has 0 saturated carbocycles. The van der Waals surface area contributed by atoms with E-state index in [1.807, 2.05) is 43.4 Å². The number of aromatic nitrogens is 2. The summed E-state index contributed by atoms with van der Waals surface area (Å²) in [5, 5.41) is 10.4. The number of anilines is 2. The summed E-state index contributed by atoms with van der Waals surface area (Å²) in [5.74, 6) is 0.484. The molecule has 2 N–H and O–H groups in total. The van der Waals surface area contributed by atoms with E-state index in [0.717, 1.165) is 11.3 Å². The summed E-state index contributed by atoms with van der Waals surface area (Å²) in [6, 6.07) is 18.2. The van der Waals surface area contributed by atoms with Crippen molar-refractivity contribution in [1.82, 2.24) is 9.78 Å². The van der Waals surface area contributed by atoms with Crippen LogP contribution in [-0.4, -0.2) is 15.8 Å². The van der Waals surface area contributed by atoms with Gasteiger partial charge in [-0.25, -0.2) is 4.79 Å². The SMILES string of the molecule is Cn1nc(NC(=O)Nc2ccc(Cl)cc2)cc1-c1ccccc1. The number of benzene rings is 2. The smallest absolute Gasteiger partial charge is 0.308 e. The maximum absolute atomic E-state index is 12.0. The zero-order valence-electron chi connectivity index (χ0n) is 12.5. The number of hydrogen-bond acceptors (Lipinski definition) is 2. The van der Waals surface area contributed by atoms with Crippen LogP contribution in [0.1, 0.15) is 0 Å². The van der Waals surface area contributed by atoms with Crippen molar-refractivity contribution in [2.45, 2.75) is 0 Å². The average Bonchev–Trinajstić information content (AvgIpc) is 2.91. The van der Waals surface area contributed by atoms with Crippen LogP contribution in [0.3, 0.4) is 0 Å². The molecule has 23 heavy (non-hydrogen) atoms. The molecule has 3 aromatic rings. The van der Waals surface area contributed by atoms with Crippen molar-refractivity contribution >= 4 is 29.1 Å². The van der Waals surface area contributed by atoms with Crippen LogP contribution < -0.4 is 10.6 Å². The highest BCUT2D eigenvalue weighted by atomic mass is 35.5. The lowest BCUT2D eigenvalue weighted by Crippen LogP contribution is -2.19. The number of halogens is 1. The summed E-state index contributed by atoms with van der Waals surface area (Å²) >= 11 is 5.82. The first-order chi connectivity index (χ1) is 11.1. The second kappa shape index (κ2) is 6.54. The molecule has 3 rings (SSSR count). The first kappa shape index (κ1) is 15.1. The monoisotopic (exact) mass is 326 g/mol. The summed E-state index contributed by atoms with van der Waals surface area (Å²) < 4.78 is 1.73. The Labute approximate surface area is 138 Å². The maximum Gasteiger partial charge on any atom is 0.324 e. The van der Waals surface area contributed by atoms with Gasteiger partial charge in [0.2, 0.25) is 0 Å². The molecule has 1 heterocycles. The van der Waals surface area contributed by atoms with Gasteiger partial charge in [-0.15, -0.1) is 0 Å². The van der Waals surface area contributed by atoms with Crippen LogP contribution >= 0.6 is 11.6 Å². The summed E-state index contributed by atoms with van der Waals surface area (Å²) in [4.78, 5) is 12.0. The highest BCUT2D eigenvalue weighted by Gasteiger charge is 2.10. The van der Waals surface area contributed by atoms with Gasteiger partial charge in [0.25, 0.3) is 0 Å². The van der Waals surface area contributed by atoms with E-state index < -0.39 is 0 Å². The van der Waals surface area contributed by atoms with Gasteiger partial charge in [-0.3, -0.25) is 10.00 Å². The van der Waals surface area contributed by atoms with Crippen LogP contribution in [0.2, 0.25) is 5.02 Å². The lowest BCUT2D eigenvalue weighted by Gasteiger charge is -2.05. The number of aryl methyl sites for hydroxylation is 1. The number of hydrogen-bond donors (Lipinski definition) is 2. The lowest BCUT2D eigenvalue weighted by atomic mass is 10.1. The Kier molecular flexibility index (Phi) is 4.30. The standard InChI is InChI=1S/C17H15ClN4O/c1-22-15(12-5-3-2-4-6-12)11-16(21-22)20-17(23)19-14-9-7-13(18)8-10-14/h2-11H,1H3,(H2,19,20,21,23). The Balaban J connectivity index is 1.71. The Morgan fingerprint density at radius 2 is 1.74 bits per heavy atom. The highest BCUT2D eigenvalue weighted by Crippen LogP contribution is 2.21. The minimum atomic E-state index is -0.356. The fourth-order valence-electron chi connectivity index (χ4n) is 2.22. The van der Waals surface area contributed by atoms with Crippen LogP contribution in [0.5, 0.6) is 0 Å². The molecular formula is C17H15ClN4O. The molecule has 0 saturated heterocycles. The molecule has 5 nitrogen and oxygen atoms in total. The van der Waals surface area contributed by atoms with E-state index >= 15 is 0 Å². The second-order valence-electron chi connectivity index (χ2n) is 4.99. The van der Waals surface area contributed by atoms with Gasteiger partial charge in [-0.05, 0) is 29.8 Å². The van der Waals surface area contributed by atoms with Crippen molar-refractivity contribution in [2.75, 3.05) is 10.6 Å². The largest absolute Gasteiger partial charge is 0.324 e. The maximum atomic E-state index is 12.0. The van der Waals surface area contributed by atoms with Crippen LogP contribution in [0, 0.1) is 0 Å². The van der Waals surface area contributed by atoms with Crippen molar-refractivity contribution in [3.63, 3.8) is 0 Å². The van der Waals surface area contributed by atoms with Crippen molar-refractivity contribution in [3.05, 3.63) is 65.7 Å². The number of nitrogens with zero attached hydrogens (tertiary/aromatic N) is 2. The molecule has 0 bridgehead atoms. The van der Waals surface area contributed by atoms with E-state index in [4.69, 9.17) is 11.6 Å². The van der Waals surface area contributed by atoms with Crippen molar-refractivity contribution in [2.24, 2.45) is 7.05 Å². The van der Waals surface area contributed by atoms with Crippen LogP contribution in [-0.2, 0) is 7.05 Å². The molecule has 0 fully saturated rings. The number of rotatable bonds is 3. The van der Waals surface area contributed by atoms with E-state index in [1.165, 1.54) is 0 Å². The van der Waals surface area contributed by atoms with Crippen molar-refractivity contribution in [1.29, 1.82) is 0 Å². The molecule has 2 aromatic carbocycles. The average molecular weight is 327 g/mol. The third-order valence-electron chi connectivity index (χ3n) is 3.29. The van der Waals surface area contributed by atoms with Gasteiger partial charge in [0, 0.05) is 23.8 Å². The van der Waals surface area contributed by atoms with Gasteiger partial charge in [0.05, 0.1) is 5.69 Å². The highest BCUT2D eigenvalue weighted by molar-refractivity contribution is 6.30. The number of carbonyl (C=O) groups is 1. The minimum Gasteiger partial charge on any atom is -0.308 e. The predicted octanol–water partition coefficient (Wildman–Crippen LogP) is 4.38. The normalized spacial score (nSPS) is 10.3. The molecule has 0 atom stereocenters. The first-order valence-corrected chi connectivity index (χ1v) is 7.42. The molecule has 116 valence electrons. The van der Waals surface area contributed by atoms with E-state index in [2.05, 4.69) is 15.7 Å². The Hall–Kier alpha value is -2.79. The summed E-state index contributed by atoms with van der Waals surface area (Å²) in [7, 11) is 1.84. The lowest BCUT2D eigenvalue weighted by molar-refractivity contribution is 0.262. The third kappa shape index (κ3) is 3.70. The molecule has 0 unspecified atom stereocenters. The Morgan fingerprint density at radius 3 is 2.43 bits per heavy atom. The molecular weight excluding hydrogens is 312 g/mol. The predicted molar refractivity (Wildman–Crippen MR) is 92.7 cm³/mol. The molecule has 0 aliphatic heterocycles. The van der Waals surface area contributed by atoms with Gasteiger partial charge in [0.1, 0.15) is 0 Å². The van der Waals surface area contributed by atoms with Crippen molar-refractivity contribution in [3.8, 4) is 11.3 Å². The first-order valence-electron chi connectivity index (χ1n) is 7.05. The van der Waals surface area contributed by atoms with Crippen LogP contribution in [0.15, 0.2) is 60.7 Å². The number of urea groups is 1. The van der Waals surface area contributed by atoms with E-state index in [-0.39, 0.29) is 6.03 Å². The van der Waals surface area contributed by atoms with Gasteiger partial charge >= 0.3 is 6.03 Å². The topological polar surface area (TPSA) is 59.0 Å². The van der Waals surface area contributed by atoms with E-state index in [9.17, 15) is 4.79 Å². The van der Waals surface area contributed by atoms with E-state index in [0.29, 0.717) is 16.5 Å². The van der Waals surface area contributed by atoms with Crippen molar-refractivity contribution < 1.29 is 4.79 Å². The van der Waals surface area contributed by atoms with E-state index in [1.54, 1.807) is 28.9 Å². The van der Waals surface area contributed by atoms with Gasteiger partial charge < -0.3 is 5.32 Å². The molecule has 6 heteroatoms. The Morgan fingerprint density at radius 1 is 1.04 bits per heavy atom. The zero-order valence-corrected chi connectivity index (χ0v) is 13.2.